The van der Waals surface area contributed by atoms with Gasteiger partial charge in [0.25, 0.3) is 0 Å². The molecule has 80 valence electrons. The summed E-state index contributed by atoms with van der Waals surface area (Å²) in [6.07, 6.45) is 1.62. The van der Waals surface area contributed by atoms with Gasteiger partial charge in [0.05, 0.1) is 5.75 Å². The van der Waals surface area contributed by atoms with E-state index in [9.17, 15) is 9.18 Å². The zero-order chi connectivity index (χ0) is 11.3. The van der Waals surface area contributed by atoms with Crippen molar-refractivity contribution in [1.82, 2.24) is 0 Å². The number of benzene rings is 1. The normalized spacial score (nSPS) is 9.80. The van der Waals surface area contributed by atoms with E-state index in [-0.39, 0.29) is 11.6 Å². The molecule has 0 saturated carbocycles. The fourth-order valence-corrected chi connectivity index (χ4v) is 1.77. The molecule has 15 heavy (non-hydrogen) atoms. The van der Waals surface area contributed by atoms with E-state index in [4.69, 9.17) is 0 Å². The Balaban J connectivity index is 2.47. The molecule has 0 atom stereocenters. The topological polar surface area (TPSA) is 17.1 Å². The van der Waals surface area contributed by atoms with Gasteiger partial charge in [0.15, 0.2) is 5.78 Å². The molecule has 0 bridgehead atoms. The average molecular weight is 224 g/mol. The van der Waals surface area contributed by atoms with Gasteiger partial charge in [0.1, 0.15) is 5.82 Å². The SMILES string of the molecule is CC(C)=CC(=O)CSc1ccc(F)cc1. The molecule has 0 aliphatic carbocycles. The molecule has 0 radical (unpaired) electrons. The van der Waals surface area contributed by atoms with Crippen LogP contribution in [0.2, 0.25) is 0 Å². The van der Waals surface area contributed by atoms with Crippen LogP contribution < -0.4 is 0 Å². The van der Waals surface area contributed by atoms with Gasteiger partial charge < -0.3 is 0 Å². The lowest BCUT2D eigenvalue weighted by molar-refractivity contribution is -0.112. The van der Waals surface area contributed by atoms with Gasteiger partial charge in [0, 0.05) is 4.90 Å². The van der Waals surface area contributed by atoms with E-state index < -0.39 is 0 Å². The fourth-order valence-electron chi connectivity index (χ4n) is 1.05. The second kappa shape index (κ2) is 5.71. The van der Waals surface area contributed by atoms with Crippen molar-refractivity contribution in [2.45, 2.75) is 18.7 Å². The van der Waals surface area contributed by atoms with Crippen LogP contribution in [0.3, 0.4) is 0 Å². The molecule has 0 fully saturated rings. The van der Waals surface area contributed by atoms with E-state index in [0.29, 0.717) is 5.75 Å². The molecule has 0 unspecified atom stereocenters. The second-order valence-corrected chi connectivity index (χ2v) is 4.48. The van der Waals surface area contributed by atoms with Crippen molar-refractivity contribution < 1.29 is 9.18 Å². The zero-order valence-electron chi connectivity index (χ0n) is 8.79. The van der Waals surface area contributed by atoms with Gasteiger partial charge in [-0.1, -0.05) is 5.57 Å². The van der Waals surface area contributed by atoms with Crippen molar-refractivity contribution in [1.29, 1.82) is 0 Å². The predicted octanol–water partition coefficient (Wildman–Crippen LogP) is 3.45. The number of hydrogen-bond donors (Lipinski definition) is 0. The fraction of sp³-hybridized carbons (Fsp3) is 0.250. The Morgan fingerprint density at radius 1 is 1.33 bits per heavy atom. The Morgan fingerprint density at radius 2 is 1.93 bits per heavy atom. The van der Waals surface area contributed by atoms with E-state index in [1.165, 1.54) is 23.9 Å². The van der Waals surface area contributed by atoms with Crippen LogP contribution in [0.1, 0.15) is 13.8 Å². The van der Waals surface area contributed by atoms with Gasteiger partial charge >= 0.3 is 0 Å². The third-order valence-electron chi connectivity index (χ3n) is 1.64. The van der Waals surface area contributed by atoms with Gasteiger partial charge in [-0.25, -0.2) is 4.39 Å². The number of allylic oxidation sites excluding steroid dienone is 2. The third-order valence-corrected chi connectivity index (χ3v) is 2.68. The number of halogens is 1. The van der Waals surface area contributed by atoms with Gasteiger partial charge in [-0.15, -0.1) is 11.8 Å². The van der Waals surface area contributed by atoms with Crippen LogP contribution in [0.4, 0.5) is 4.39 Å². The van der Waals surface area contributed by atoms with Crippen LogP contribution in [-0.2, 0) is 4.79 Å². The largest absolute Gasteiger partial charge is 0.294 e. The number of carbonyl (C=O) groups is 1. The summed E-state index contributed by atoms with van der Waals surface area (Å²) in [5.41, 5.74) is 1.000. The summed E-state index contributed by atoms with van der Waals surface area (Å²) in [7, 11) is 0. The summed E-state index contributed by atoms with van der Waals surface area (Å²) in [5.74, 6) is 0.232. The van der Waals surface area contributed by atoms with Crippen LogP contribution in [0, 0.1) is 5.82 Å². The number of hydrogen-bond acceptors (Lipinski definition) is 2. The summed E-state index contributed by atoms with van der Waals surface area (Å²) >= 11 is 1.42. The standard InChI is InChI=1S/C12H13FOS/c1-9(2)7-11(14)8-15-12-5-3-10(13)4-6-12/h3-7H,8H2,1-2H3. The summed E-state index contributed by atoms with van der Waals surface area (Å²) in [6, 6.07) is 6.15. The van der Waals surface area contributed by atoms with Crippen LogP contribution in [-0.4, -0.2) is 11.5 Å². The van der Waals surface area contributed by atoms with Gasteiger partial charge in [-0.05, 0) is 44.2 Å². The minimum atomic E-state index is -0.255. The van der Waals surface area contributed by atoms with E-state index in [0.717, 1.165) is 10.5 Å². The second-order valence-electron chi connectivity index (χ2n) is 3.43. The Hall–Kier alpha value is -1.09. The van der Waals surface area contributed by atoms with E-state index in [1.54, 1.807) is 18.2 Å². The summed E-state index contributed by atoms with van der Waals surface area (Å²) in [4.78, 5) is 12.2. The average Bonchev–Trinajstić information content (AvgIpc) is 2.16. The van der Waals surface area contributed by atoms with E-state index >= 15 is 0 Å². The molecule has 0 aromatic heterocycles. The Kier molecular flexibility index (Phi) is 4.56. The first-order valence-electron chi connectivity index (χ1n) is 4.64. The lowest BCUT2D eigenvalue weighted by Gasteiger charge is -1.98. The maximum Gasteiger partial charge on any atom is 0.165 e. The molecule has 0 aliphatic rings. The van der Waals surface area contributed by atoms with Gasteiger partial charge in [-0.2, -0.15) is 0 Å². The molecular formula is C12H13FOS. The Bertz CT molecular complexity index is 364. The number of rotatable bonds is 4. The monoisotopic (exact) mass is 224 g/mol. The zero-order valence-corrected chi connectivity index (χ0v) is 9.60. The first kappa shape index (κ1) is 12.0. The first-order valence-corrected chi connectivity index (χ1v) is 5.62. The molecule has 0 heterocycles. The highest BCUT2D eigenvalue weighted by atomic mass is 32.2. The number of ketones is 1. The molecular weight excluding hydrogens is 211 g/mol. The predicted molar refractivity (Wildman–Crippen MR) is 61.6 cm³/mol. The summed E-state index contributed by atoms with van der Waals surface area (Å²) in [5, 5.41) is 0. The highest BCUT2D eigenvalue weighted by molar-refractivity contribution is 8.00. The molecule has 1 aromatic rings. The first-order chi connectivity index (χ1) is 7.08. The quantitative estimate of drug-likeness (QED) is 0.575. The van der Waals surface area contributed by atoms with E-state index in [2.05, 4.69) is 0 Å². The smallest absolute Gasteiger partial charge is 0.165 e. The van der Waals surface area contributed by atoms with Crippen molar-refractivity contribution in [2.24, 2.45) is 0 Å². The maximum atomic E-state index is 12.6. The molecule has 0 saturated heterocycles. The van der Waals surface area contributed by atoms with Crippen molar-refractivity contribution in [2.75, 3.05) is 5.75 Å². The van der Waals surface area contributed by atoms with Crippen LogP contribution in [0.5, 0.6) is 0 Å². The summed E-state index contributed by atoms with van der Waals surface area (Å²) < 4.78 is 12.6. The third kappa shape index (κ3) is 4.79. The molecule has 1 rings (SSSR count). The van der Waals surface area contributed by atoms with Crippen molar-refractivity contribution in [3.05, 3.63) is 41.7 Å². The molecule has 3 heteroatoms. The molecule has 0 N–H and O–H groups in total. The lowest BCUT2D eigenvalue weighted by atomic mass is 10.3. The molecule has 1 nitrogen and oxygen atoms in total. The Morgan fingerprint density at radius 3 is 2.47 bits per heavy atom. The Labute approximate surface area is 93.4 Å². The van der Waals surface area contributed by atoms with Gasteiger partial charge in [-0.3, -0.25) is 4.79 Å². The molecule has 0 spiro atoms. The van der Waals surface area contributed by atoms with Crippen molar-refractivity contribution in [3.8, 4) is 0 Å². The van der Waals surface area contributed by atoms with Crippen LogP contribution in [0.25, 0.3) is 0 Å². The maximum absolute atomic E-state index is 12.6. The number of thioether (sulfide) groups is 1. The van der Waals surface area contributed by atoms with Crippen LogP contribution >= 0.6 is 11.8 Å². The molecule has 1 aromatic carbocycles. The minimum absolute atomic E-state index is 0.0873. The van der Waals surface area contributed by atoms with Crippen molar-refractivity contribution in [3.63, 3.8) is 0 Å². The lowest BCUT2D eigenvalue weighted by Crippen LogP contribution is -1.96. The van der Waals surface area contributed by atoms with Gasteiger partial charge in [0.2, 0.25) is 0 Å². The number of carbonyl (C=O) groups excluding carboxylic acids is 1. The highest BCUT2D eigenvalue weighted by Crippen LogP contribution is 2.18. The minimum Gasteiger partial charge on any atom is -0.294 e. The van der Waals surface area contributed by atoms with Crippen LogP contribution in [0.15, 0.2) is 40.8 Å². The molecule has 0 aliphatic heterocycles. The summed E-state index contributed by atoms with van der Waals surface area (Å²) in [6.45, 7) is 3.78. The van der Waals surface area contributed by atoms with Crippen molar-refractivity contribution >= 4 is 17.5 Å². The highest BCUT2D eigenvalue weighted by Gasteiger charge is 2.00. The van der Waals surface area contributed by atoms with E-state index in [1.807, 2.05) is 13.8 Å². The molecule has 0 amide bonds.